The number of rotatable bonds is 5. The van der Waals surface area contributed by atoms with Crippen molar-refractivity contribution in [3.05, 3.63) is 94.5 Å². The van der Waals surface area contributed by atoms with E-state index in [1.54, 1.807) is 42.5 Å². The third-order valence-electron chi connectivity index (χ3n) is 4.32. The van der Waals surface area contributed by atoms with Crippen molar-refractivity contribution in [3.63, 3.8) is 0 Å². The molecule has 0 aliphatic carbocycles. The van der Waals surface area contributed by atoms with E-state index in [0.29, 0.717) is 10.7 Å². The van der Waals surface area contributed by atoms with Gasteiger partial charge in [0, 0.05) is 5.02 Å². The molecule has 3 aromatic rings. The van der Waals surface area contributed by atoms with Crippen LogP contribution in [0.1, 0.15) is 16.7 Å². The zero-order chi connectivity index (χ0) is 18.7. The maximum atomic E-state index is 13.3. The van der Waals surface area contributed by atoms with Crippen molar-refractivity contribution in [1.29, 1.82) is 0 Å². The Hall–Kier alpha value is -2.30. The standard InChI is InChI=1S/C21H20ClNO2S/c1-16-11-12-20(13-17(16)2)23(15-18-7-6-8-19(22)14-18)26(24,25)21-9-4-3-5-10-21/h3-14H,15H2,1-2H3. The van der Waals surface area contributed by atoms with E-state index in [2.05, 4.69) is 0 Å². The van der Waals surface area contributed by atoms with Crippen LogP contribution in [-0.2, 0) is 16.6 Å². The van der Waals surface area contributed by atoms with Crippen molar-refractivity contribution in [2.75, 3.05) is 4.31 Å². The van der Waals surface area contributed by atoms with Gasteiger partial charge in [0.2, 0.25) is 0 Å². The largest absolute Gasteiger partial charge is 0.264 e. The van der Waals surface area contributed by atoms with Crippen LogP contribution in [0.3, 0.4) is 0 Å². The first-order valence-corrected chi connectivity index (χ1v) is 10.1. The van der Waals surface area contributed by atoms with Crippen molar-refractivity contribution in [2.24, 2.45) is 0 Å². The van der Waals surface area contributed by atoms with E-state index in [0.717, 1.165) is 16.7 Å². The Bertz CT molecular complexity index is 1020. The molecule has 0 amide bonds. The summed E-state index contributed by atoms with van der Waals surface area (Å²) in [4.78, 5) is 0.264. The van der Waals surface area contributed by atoms with Crippen molar-refractivity contribution >= 4 is 27.3 Å². The lowest BCUT2D eigenvalue weighted by Crippen LogP contribution is -2.30. The lowest BCUT2D eigenvalue weighted by Gasteiger charge is -2.25. The number of benzene rings is 3. The second kappa shape index (κ2) is 7.52. The minimum Gasteiger partial charge on any atom is -0.262 e. The van der Waals surface area contributed by atoms with Crippen LogP contribution in [0.25, 0.3) is 0 Å². The molecule has 0 saturated carbocycles. The van der Waals surface area contributed by atoms with Gasteiger partial charge in [-0.15, -0.1) is 0 Å². The molecular formula is C21H20ClNO2S. The highest BCUT2D eigenvalue weighted by Crippen LogP contribution is 2.28. The predicted octanol–water partition coefficient (Wildman–Crippen LogP) is 5.35. The molecule has 26 heavy (non-hydrogen) atoms. The molecule has 0 saturated heterocycles. The summed E-state index contributed by atoms with van der Waals surface area (Å²) in [6.07, 6.45) is 0. The number of sulfonamides is 1. The number of aryl methyl sites for hydroxylation is 2. The minimum atomic E-state index is -3.70. The molecule has 0 unspecified atom stereocenters. The third kappa shape index (κ3) is 3.92. The molecule has 0 aromatic heterocycles. The lowest BCUT2D eigenvalue weighted by atomic mass is 10.1. The average molecular weight is 386 g/mol. The first kappa shape index (κ1) is 18.5. The van der Waals surface area contributed by atoms with Crippen molar-refractivity contribution < 1.29 is 8.42 Å². The summed E-state index contributed by atoms with van der Waals surface area (Å²) in [5.41, 5.74) is 3.63. The molecule has 0 radical (unpaired) electrons. The Labute approximate surface area is 159 Å². The van der Waals surface area contributed by atoms with E-state index in [1.807, 2.05) is 44.2 Å². The summed E-state index contributed by atoms with van der Waals surface area (Å²) in [7, 11) is -3.70. The second-order valence-electron chi connectivity index (χ2n) is 6.22. The van der Waals surface area contributed by atoms with Crippen LogP contribution >= 0.6 is 11.6 Å². The summed E-state index contributed by atoms with van der Waals surface area (Å²) in [6.45, 7) is 4.19. The molecule has 0 N–H and O–H groups in total. The van der Waals surface area contributed by atoms with E-state index in [4.69, 9.17) is 11.6 Å². The summed E-state index contributed by atoms with van der Waals surface area (Å²) in [6, 6.07) is 21.4. The number of hydrogen-bond donors (Lipinski definition) is 0. The van der Waals surface area contributed by atoms with E-state index in [9.17, 15) is 8.42 Å². The summed E-state index contributed by atoms with van der Waals surface area (Å²) < 4.78 is 28.1. The van der Waals surface area contributed by atoms with Crippen molar-refractivity contribution in [2.45, 2.75) is 25.3 Å². The van der Waals surface area contributed by atoms with E-state index in [-0.39, 0.29) is 11.4 Å². The first-order valence-electron chi connectivity index (χ1n) is 8.27. The van der Waals surface area contributed by atoms with Crippen molar-refractivity contribution in [1.82, 2.24) is 0 Å². The topological polar surface area (TPSA) is 37.4 Å². The molecule has 0 fully saturated rings. The Morgan fingerprint density at radius 2 is 1.58 bits per heavy atom. The van der Waals surface area contributed by atoms with Gasteiger partial charge < -0.3 is 0 Å². The van der Waals surface area contributed by atoms with Crippen LogP contribution in [0.4, 0.5) is 5.69 Å². The van der Waals surface area contributed by atoms with Gasteiger partial charge in [0.15, 0.2) is 0 Å². The molecule has 0 atom stereocenters. The number of hydrogen-bond acceptors (Lipinski definition) is 2. The fourth-order valence-electron chi connectivity index (χ4n) is 2.72. The molecule has 134 valence electrons. The molecule has 3 aromatic carbocycles. The van der Waals surface area contributed by atoms with Gasteiger partial charge in [-0.1, -0.05) is 48.0 Å². The second-order valence-corrected chi connectivity index (χ2v) is 8.52. The zero-order valence-corrected chi connectivity index (χ0v) is 16.3. The molecule has 3 rings (SSSR count). The average Bonchev–Trinajstić information content (AvgIpc) is 2.63. The van der Waals surface area contributed by atoms with Gasteiger partial charge in [-0.05, 0) is 66.9 Å². The molecular weight excluding hydrogens is 366 g/mol. The normalized spacial score (nSPS) is 11.3. The third-order valence-corrected chi connectivity index (χ3v) is 6.35. The van der Waals surface area contributed by atoms with Gasteiger partial charge in [0.05, 0.1) is 17.1 Å². The Kier molecular flexibility index (Phi) is 5.35. The van der Waals surface area contributed by atoms with E-state index in [1.165, 1.54) is 4.31 Å². The molecule has 0 bridgehead atoms. The predicted molar refractivity (Wildman–Crippen MR) is 107 cm³/mol. The molecule has 0 aliphatic rings. The number of halogens is 1. The summed E-state index contributed by atoms with van der Waals surface area (Å²) in [5, 5.41) is 0.583. The number of nitrogens with zero attached hydrogens (tertiary/aromatic N) is 1. The van der Waals surface area contributed by atoms with Crippen molar-refractivity contribution in [3.8, 4) is 0 Å². The molecule has 5 heteroatoms. The fraction of sp³-hybridized carbons (Fsp3) is 0.143. The van der Waals surface area contributed by atoms with Gasteiger partial charge >= 0.3 is 0 Å². The maximum absolute atomic E-state index is 13.3. The first-order chi connectivity index (χ1) is 12.4. The minimum absolute atomic E-state index is 0.209. The fourth-order valence-corrected chi connectivity index (χ4v) is 4.40. The van der Waals surface area contributed by atoms with Crippen LogP contribution in [0.5, 0.6) is 0 Å². The van der Waals surface area contributed by atoms with Gasteiger partial charge in [-0.25, -0.2) is 8.42 Å². The van der Waals surface area contributed by atoms with Gasteiger partial charge in [0.25, 0.3) is 10.0 Å². The quantitative estimate of drug-likeness (QED) is 0.593. The smallest absolute Gasteiger partial charge is 0.262 e. The van der Waals surface area contributed by atoms with Gasteiger partial charge in [-0.2, -0.15) is 0 Å². The van der Waals surface area contributed by atoms with Crippen LogP contribution in [0.2, 0.25) is 5.02 Å². The molecule has 0 spiro atoms. The van der Waals surface area contributed by atoms with Gasteiger partial charge in [0.1, 0.15) is 0 Å². The summed E-state index contributed by atoms with van der Waals surface area (Å²) in [5.74, 6) is 0. The summed E-state index contributed by atoms with van der Waals surface area (Å²) >= 11 is 6.08. The van der Waals surface area contributed by atoms with E-state index >= 15 is 0 Å². The zero-order valence-electron chi connectivity index (χ0n) is 14.7. The highest BCUT2D eigenvalue weighted by atomic mass is 35.5. The monoisotopic (exact) mass is 385 g/mol. The number of anilines is 1. The van der Waals surface area contributed by atoms with Crippen LogP contribution in [0, 0.1) is 13.8 Å². The van der Waals surface area contributed by atoms with Gasteiger partial charge in [-0.3, -0.25) is 4.31 Å². The molecule has 0 aliphatic heterocycles. The maximum Gasteiger partial charge on any atom is 0.264 e. The highest BCUT2D eigenvalue weighted by Gasteiger charge is 2.25. The highest BCUT2D eigenvalue weighted by molar-refractivity contribution is 7.92. The Morgan fingerprint density at radius 1 is 0.846 bits per heavy atom. The molecule has 0 heterocycles. The van der Waals surface area contributed by atoms with E-state index < -0.39 is 10.0 Å². The van der Waals surface area contributed by atoms with Crippen LogP contribution in [-0.4, -0.2) is 8.42 Å². The molecule has 3 nitrogen and oxygen atoms in total. The Morgan fingerprint density at radius 3 is 2.23 bits per heavy atom. The lowest BCUT2D eigenvalue weighted by molar-refractivity contribution is 0.590. The van der Waals surface area contributed by atoms with Crippen LogP contribution < -0.4 is 4.31 Å². The Balaban J connectivity index is 2.11. The SMILES string of the molecule is Cc1ccc(N(Cc2cccc(Cl)c2)S(=O)(=O)c2ccccc2)cc1C. The van der Waals surface area contributed by atoms with Crippen LogP contribution in [0.15, 0.2) is 77.7 Å².